The number of nitrogens with two attached hydrogens (primary N) is 2. The Morgan fingerprint density at radius 3 is 2.24 bits per heavy atom. The van der Waals surface area contributed by atoms with Gasteiger partial charge in [-0.1, -0.05) is 18.2 Å². The average Bonchev–Trinajstić information content (AvgIpc) is 3.01. The molecule has 46 heavy (non-hydrogen) atoms. The minimum atomic E-state index is -0.588. The van der Waals surface area contributed by atoms with Crippen molar-refractivity contribution in [3.8, 4) is 17.2 Å². The molecule has 5 N–H and O–H groups in total. The second-order valence-electron chi connectivity index (χ2n) is 11.7. The van der Waals surface area contributed by atoms with Gasteiger partial charge in [0, 0.05) is 13.6 Å². The standard InChI is InChI=1S/C35H46N4O7/c1-23-14-17-27(29(22-23)45-20-10-9-18-36)39(5)33(41)25-15-16-26(32(43-6)30(25)37)31(40)24-12-7-8-13-28(24)44-21-11-19-38-34(42)46-35(2,3)4/h7-8,12-17,22H,9-11,18-21,36-37H2,1-6H3,(H,38,42). The van der Waals surface area contributed by atoms with E-state index in [1.165, 1.54) is 24.1 Å². The molecule has 0 radical (unpaired) electrons. The Bertz CT molecular complexity index is 1520. The molecule has 0 heterocycles. The van der Waals surface area contributed by atoms with Gasteiger partial charge >= 0.3 is 6.09 Å². The number of alkyl carbamates (subject to hydrolysis) is 1. The van der Waals surface area contributed by atoms with E-state index in [9.17, 15) is 14.4 Å². The van der Waals surface area contributed by atoms with Gasteiger partial charge in [0.2, 0.25) is 5.78 Å². The highest BCUT2D eigenvalue weighted by Gasteiger charge is 2.26. The predicted octanol–water partition coefficient (Wildman–Crippen LogP) is 5.50. The van der Waals surface area contributed by atoms with E-state index in [4.69, 9.17) is 30.4 Å². The topological polar surface area (TPSA) is 155 Å². The number of anilines is 2. The Labute approximate surface area is 271 Å². The Balaban J connectivity index is 1.78. The third-order valence-electron chi connectivity index (χ3n) is 6.89. The van der Waals surface area contributed by atoms with Crippen LogP contribution in [0, 0.1) is 6.92 Å². The molecule has 0 aliphatic heterocycles. The largest absolute Gasteiger partial charge is 0.494 e. The highest BCUT2D eigenvalue weighted by Crippen LogP contribution is 2.36. The Hall–Kier alpha value is -4.77. The number of ketones is 1. The number of unbranched alkanes of at least 4 members (excludes halogenated alkanes) is 1. The molecule has 3 aromatic rings. The van der Waals surface area contributed by atoms with Crippen molar-refractivity contribution in [3.63, 3.8) is 0 Å². The fourth-order valence-corrected chi connectivity index (χ4v) is 4.60. The summed E-state index contributed by atoms with van der Waals surface area (Å²) in [6, 6.07) is 15.5. The average molecular weight is 635 g/mol. The van der Waals surface area contributed by atoms with Gasteiger partial charge in [-0.25, -0.2) is 4.79 Å². The number of nitrogens with zero attached hydrogens (tertiary/aromatic N) is 1. The molecule has 3 aromatic carbocycles. The monoisotopic (exact) mass is 634 g/mol. The molecule has 11 nitrogen and oxygen atoms in total. The Kier molecular flexibility index (Phi) is 12.8. The molecular formula is C35H46N4O7. The number of carbonyl (C=O) groups excluding carboxylic acids is 3. The lowest BCUT2D eigenvalue weighted by atomic mass is 9.98. The quantitative estimate of drug-likeness (QED) is 0.112. The molecule has 0 atom stereocenters. The van der Waals surface area contributed by atoms with Gasteiger partial charge in [0.25, 0.3) is 5.91 Å². The molecule has 0 saturated carbocycles. The number of hydrogen-bond acceptors (Lipinski definition) is 9. The third-order valence-corrected chi connectivity index (χ3v) is 6.89. The van der Waals surface area contributed by atoms with Gasteiger partial charge in [-0.2, -0.15) is 0 Å². The van der Waals surface area contributed by atoms with Crippen LogP contribution >= 0.6 is 0 Å². The zero-order chi connectivity index (χ0) is 33.9. The first-order chi connectivity index (χ1) is 21.9. The number of methoxy groups -OCH3 is 1. The van der Waals surface area contributed by atoms with Crippen LogP contribution in [0.4, 0.5) is 16.2 Å². The molecule has 0 aliphatic rings. The second-order valence-corrected chi connectivity index (χ2v) is 11.7. The number of nitrogens with one attached hydrogen (secondary N) is 1. The van der Waals surface area contributed by atoms with Gasteiger partial charge in [-0.15, -0.1) is 0 Å². The molecule has 0 saturated heterocycles. The zero-order valence-electron chi connectivity index (χ0n) is 27.6. The third kappa shape index (κ3) is 9.61. The molecule has 0 aromatic heterocycles. The highest BCUT2D eigenvalue weighted by atomic mass is 16.6. The summed E-state index contributed by atoms with van der Waals surface area (Å²) in [6.45, 7) is 8.95. The van der Waals surface area contributed by atoms with Crippen LogP contribution in [-0.4, -0.2) is 63.8 Å². The zero-order valence-corrected chi connectivity index (χ0v) is 27.6. The summed E-state index contributed by atoms with van der Waals surface area (Å²) >= 11 is 0. The van der Waals surface area contributed by atoms with Crippen molar-refractivity contribution in [3.05, 3.63) is 76.9 Å². The first kappa shape index (κ1) is 35.7. The van der Waals surface area contributed by atoms with Crippen molar-refractivity contribution >= 4 is 29.2 Å². The van der Waals surface area contributed by atoms with E-state index in [0.29, 0.717) is 48.9 Å². The molecule has 0 spiro atoms. The predicted molar refractivity (Wildman–Crippen MR) is 179 cm³/mol. The molecule has 2 amide bonds. The minimum absolute atomic E-state index is 0.0364. The van der Waals surface area contributed by atoms with Gasteiger partial charge in [-0.05, 0) is 95.5 Å². The number of carbonyl (C=O) groups is 3. The summed E-state index contributed by atoms with van der Waals surface area (Å²) in [7, 11) is 3.04. The summed E-state index contributed by atoms with van der Waals surface area (Å²) in [6.07, 6.45) is 1.61. The van der Waals surface area contributed by atoms with Crippen molar-refractivity contribution < 1.29 is 33.3 Å². The Morgan fingerprint density at radius 2 is 1.54 bits per heavy atom. The lowest BCUT2D eigenvalue weighted by molar-refractivity contribution is 0.0525. The highest BCUT2D eigenvalue weighted by molar-refractivity contribution is 6.16. The fraction of sp³-hybridized carbons (Fsp3) is 0.400. The van der Waals surface area contributed by atoms with Gasteiger partial charge in [0.1, 0.15) is 17.1 Å². The van der Waals surface area contributed by atoms with Crippen LogP contribution in [0.2, 0.25) is 0 Å². The van der Waals surface area contributed by atoms with Crippen molar-refractivity contribution in [1.82, 2.24) is 5.32 Å². The number of rotatable bonds is 15. The van der Waals surface area contributed by atoms with Gasteiger partial charge < -0.3 is 40.6 Å². The number of ether oxygens (including phenoxy) is 4. The van der Waals surface area contributed by atoms with Gasteiger partial charge in [0.05, 0.1) is 48.4 Å². The van der Waals surface area contributed by atoms with Gasteiger partial charge in [-0.3, -0.25) is 9.59 Å². The van der Waals surface area contributed by atoms with Crippen molar-refractivity contribution in [2.75, 3.05) is 51.1 Å². The van der Waals surface area contributed by atoms with E-state index in [1.807, 2.05) is 25.1 Å². The van der Waals surface area contributed by atoms with Crippen molar-refractivity contribution in [2.45, 2.75) is 52.6 Å². The molecule has 11 heteroatoms. The molecule has 248 valence electrons. The van der Waals surface area contributed by atoms with Gasteiger partial charge in [0.15, 0.2) is 5.75 Å². The molecule has 0 bridgehead atoms. The van der Waals surface area contributed by atoms with Crippen LogP contribution < -0.4 is 35.9 Å². The van der Waals surface area contributed by atoms with Crippen LogP contribution in [0.5, 0.6) is 17.2 Å². The van der Waals surface area contributed by atoms with Crippen LogP contribution in [0.25, 0.3) is 0 Å². The van der Waals surface area contributed by atoms with Crippen LogP contribution in [0.1, 0.15) is 71.9 Å². The van der Waals surface area contributed by atoms with E-state index in [-0.39, 0.29) is 35.0 Å². The molecular weight excluding hydrogens is 588 g/mol. The van der Waals surface area contributed by atoms with E-state index in [1.54, 1.807) is 52.1 Å². The number of aryl methyl sites for hydroxylation is 1. The van der Waals surface area contributed by atoms with Crippen LogP contribution in [0.15, 0.2) is 54.6 Å². The molecule has 0 aliphatic carbocycles. The molecule has 3 rings (SSSR count). The van der Waals surface area contributed by atoms with E-state index in [0.717, 1.165) is 18.4 Å². The summed E-state index contributed by atoms with van der Waals surface area (Å²) in [4.78, 5) is 40.8. The first-order valence-corrected chi connectivity index (χ1v) is 15.3. The smallest absolute Gasteiger partial charge is 0.407 e. The number of benzene rings is 3. The second kappa shape index (κ2) is 16.5. The van der Waals surface area contributed by atoms with E-state index >= 15 is 0 Å². The van der Waals surface area contributed by atoms with E-state index in [2.05, 4.69) is 5.32 Å². The maximum atomic E-state index is 13.8. The van der Waals surface area contributed by atoms with Crippen LogP contribution in [-0.2, 0) is 4.74 Å². The maximum Gasteiger partial charge on any atom is 0.407 e. The molecule has 0 unspecified atom stereocenters. The van der Waals surface area contributed by atoms with E-state index < -0.39 is 17.6 Å². The maximum absolute atomic E-state index is 13.8. The Morgan fingerprint density at radius 1 is 0.870 bits per heavy atom. The van der Waals surface area contributed by atoms with Crippen molar-refractivity contribution in [1.29, 1.82) is 0 Å². The summed E-state index contributed by atoms with van der Waals surface area (Å²) in [5.74, 6) is 0.244. The summed E-state index contributed by atoms with van der Waals surface area (Å²) in [5, 5.41) is 2.68. The number of nitrogen functional groups attached to an aromatic ring is 1. The minimum Gasteiger partial charge on any atom is -0.494 e. The SMILES string of the molecule is COc1c(C(=O)c2ccccc2OCCCNC(=O)OC(C)(C)C)ccc(C(=O)N(C)c2ccc(C)cc2OCCCCN)c1N. The first-order valence-electron chi connectivity index (χ1n) is 15.3. The number of amides is 2. The number of para-hydroxylation sites is 1. The summed E-state index contributed by atoms with van der Waals surface area (Å²) < 4.78 is 22.7. The van der Waals surface area contributed by atoms with Crippen molar-refractivity contribution in [2.24, 2.45) is 5.73 Å². The molecule has 0 fully saturated rings. The number of hydrogen-bond donors (Lipinski definition) is 3. The summed E-state index contributed by atoms with van der Waals surface area (Å²) in [5.41, 5.74) is 13.7. The van der Waals surface area contributed by atoms with Crippen LogP contribution in [0.3, 0.4) is 0 Å². The fourth-order valence-electron chi connectivity index (χ4n) is 4.60. The normalized spacial score (nSPS) is 11.0. The lowest BCUT2D eigenvalue weighted by Gasteiger charge is -2.23. The lowest BCUT2D eigenvalue weighted by Crippen LogP contribution is -2.33.